The van der Waals surface area contributed by atoms with Crippen molar-refractivity contribution >= 4 is 27.3 Å². The van der Waals surface area contributed by atoms with E-state index in [9.17, 15) is 8.42 Å². The maximum absolute atomic E-state index is 12.2. The molecule has 0 aliphatic heterocycles. The molecule has 1 aromatic heterocycles. The average Bonchev–Trinajstić information content (AvgIpc) is 3.10. The van der Waals surface area contributed by atoms with E-state index in [1.54, 1.807) is 35.6 Å². The highest BCUT2D eigenvalue weighted by molar-refractivity contribution is 7.89. The summed E-state index contributed by atoms with van der Waals surface area (Å²) in [5.41, 5.74) is 2.18. The molecular weight excluding hydrogens is 356 g/mol. The molecule has 2 rings (SSSR count). The van der Waals surface area contributed by atoms with Gasteiger partial charge in [-0.15, -0.1) is 0 Å². The van der Waals surface area contributed by atoms with E-state index in [1.807, 2.05) is 25.3 Å². The molecule has 0 unspecified atom stereocenters. The Morgan fingerprint density at radius 1 is 1.12 bits per heavy atom. The van der Waals surface area contributed by atoms with Crippen LogP contribution in [0.25, 0.3) is 0 Å². The quantitative estimate of drug-likeness (QED) is 0.372. The van der Waals surface area contributed by atoms with E-state index in [2.05, 4.69) is 25.7 Å². The van der Waals surface area contributed by atoms with Crippen LogP contribution in [0.3, 0.4) is 0 Å². The topological polar surface area (TPSA) is 82.6 Å². The average molecular weight is 381 g/mol. The van der Waals surface area contributed by atoms with E-state index in [0.717, 1.165) is 17.7 Å². The second-order valence-electron chi connectivity index (χ2n) is 5.46. The summed E-state index contributed by atoms with van der Waals surface area (Å²) in [6, 6.07) is 8.82. The fourth-order valence-electron chi connectivity index (χ4n) is 2.06. The number of nitrogens with zero attached hydrogens (tertiary/aromatic N) is 1. The Morgan fingerprint density at radius 3 is 2.52 bits per heavy atom. The van der Waals surface area contributed by atoms with Crippen LogP contribution in [0.4, 0.5) is 0 Å². The van der Waals surface area contributed by atoms with E-state index < -0.39 is 10.0 Å². The minimum atomic E-state index is -3.48. The molecule has 3 N–H and O–H groups in total. The molecule has 8 heteroatoms. The third-order valence-corrected chi connectivity index (χ3v) is 5.59. The molecule has 0 fully saturated rings. The Bertz CT molecular complexity index is 769. The molecular formula is C17H24N4O2S2. The van der Waals surface area contributed by atoms with E-state index in [1.165, 1.54) is 0 Å². The molecule has 0 saturated heterocycles. The maximum Gasteiger partial charge on any atom is 0.240 e. The van der Waals surface area contributed by atoms with Gasteiger partial charge in [-0.3, -0.25) is 0 Å². The van der Waals surface area contributed by atoms with Gasteiger partial charge in [0.1, 0.15) is 0 Å². The predicted molar refractivity (Wildman–Crippen MR) is 104 cm³/mol. The highest BCUT2D eigenvalue weighted by Crippen LogP contribution is 2.09. The molecule has 0 amide bonds. The normalized spacial score (nSPS) is 12.2. The van der Waals surface area contributed by atoms with Gasteiger partial charge in [0.05, 0.1) is 11.4 Å². The number of guanidine groups is 1. The van der Waals surface area contributed by atoms with Gasteiger partial charge in [-0.25, -0.2) is 18.1 Å². The van der Waals surface area contributed by atoms with Crippen molar-refractivity contribution in [1.29, 1.82) is 0 Å². The number of hydrogen-bond donors (Lipinski definition) is 3. The van der Waals surface area contributed by atoms with Gasteiger partial charge >= 0.3 is 0 Å². The van der Waals surface area contributed by atoms with Crippen molar-refractivity contribution < 1.29 is 8.42 Å². The molecule has 6 nitrogen and oxygen atoms in total. The summed E-state index contributed by atoms with van der Waals surface area (Å²) >= 11 is 1.64. The van der Waals surface area contributed by atoms with Crippen LogP contribution in [0.5, 0.6) is 0 Å². The monoisotopic (exact) mass is 380 g/mol. The molecule has 1 aromatic carbocycles. The van der Waals surface area contributed by atoms with Crippen LogP contribution in [0.2, 0.25) is 0 Å². The van der Waals surface area contributed by atoms with Crippen molar-refractivity contribution in [2.75, 3.05) is 19.6 Å². The van der Waals surface area contributed by atoms with Gasteiger partial charge < -0.3 is 10.6 Å². The van der Waals surface area contributed by atoms with Crippen molar-refractivity contribution in [3.8, 4) is 0 Å². The number of sulfonamides is 1. The van der Waals surface area contributed by atoms with Gasteiger partial charge in [0.15, 0.2) is 5.96 Å². The summed E-state index contributed by atoms with van der Waals surface area (Å²) in [5, 5.41) is 10.4. The van der Waals surface area contributed by atoms with Crippen LogP contribution in [0, 0.1) is 6.92 Å². The van der Waals surface area contributed by atoms with Crippen molar-refractivity contribution in [1.82, 2.24) is 15.4 Å². The van der Waals surface area contributed by atoms with Crippen molar-refractivity contribution in [3.05, 3.63) is 52.2 Å². The van der Waals surface area contributed by atoms with Crippen molar-refractivity contribution in [2.24, 2.45) is 4.99 Å². The third kappa shape index (κ3) is 6.49. The minimum absolute atomic E-state index is 0.274. The number of hydrogen-bond acceptors (Lipinski definition) is 4. The standard InChI is InChI=1S/C17H24N4O2S2/c1-3-18-17(20-12-15-8-11-24-13-15)19-9-10-21-25(22,23)16-6-4-14(2)5-7-16/h4-8,11,13,21H,3,9-10,12H2,1-2H3,(H2,18,19,20). The van der Waals surface area contributed by atoms with E-state index in [4.69, 9.17) is 0 Å². The van der Waals surface area contributed by atoms with Gasteiger partial charge in [0.25, 0.3) is 0 Å². The molecule has 0 aliphatic rings. The second kappa shape index (κ2) is 9.55. The first-order valence-corrected chi connectivity index (χ1v) is 10.5. The zero-order valence-corrected chi connectivity index (χ0v) is 16.1. The Hall–Kier alpha value is -1.90. The minimum Gasteiger partial charge on any atom is -0.357 e. The van der Waals surface area contributed by atoms with Crippen LogP contribution in [0.15, 0.2) is 51.0 Å². The Morgan fingerprint density at radius 2 is 1.88 bits per heavy atom. The highest BCUT2D eigenvalue weighted by atomic mass is 32.2. The van der Waals surface area contributed by atoms with E-state index >= 15 is 0 Å². The molecule has 2 aromatic rings. The Balaban J connectivity index is 1.83. The first-order valence-electron chi connectivity index (χ1n) is 8.11. The lowest BCUT2D eigenvalue weighted by Crippen LogP contribution is -2.41. The zero-order valence-electron chi connectivity index (χ0n) is 14.5. The van der Waals surface area contributed by atoms with Gasteiger partial charge in [-0.05, 0) is 48.4 Å². The van der Waals surface area contributed by atoms with Gasteiger partial charge in [0.2, 0.25) is 10.0 Å². The molecule has 25 heavy (non-hydrogen) atoms. The molecule has 0 aliphatic carbocycles. The lowest BCUT2D eigenvalue weighted by molar-refractivity contribution is 0.580. The number of thiophene rings is 1. The van der Waals surface area contributed by atoms with Crippen molar-refractivity contribution in [3.63, 3.8) is 0 Å². The maximum atomic E-state index is 12.2. The van der Waals surface area contributed by atoms with Crippen LogP contribution < -0.4 is 15.4 Å². The van der Waals surface area contributed by atoms with Crippen LogP contribution in [0.1, 0.15) is 18.1 Å². The van der Waals surface area contributed by atoms with Gasteiger partial charge in [0, 0.05) is 19.6 Å². The summed E-state index contributed by atoms with van der Waals surface area (Å²) in [5.74, 6) is 0.670. The predicted octanol–water partition coefficient (Wildman–Crippen LogP) is 2.09. The molecule has 0 radical (unpaired) electrons. The van der Waals surface area contributed by atoms with Crippen LogP contribution >= 0.6 is 11.3 Å². The summed E-state index contributed by atoms with van der Waals surface area (Å²) in [7, 11) is -3.48. The summed E-state index contributed by atoms with van der Waals surface area (Å²) in [4.78, 5) is 4.76. The number of benzene rings is 1. The highest BCUT2D eigenvalue weighted by Gasteiger charge is 2.12. The number of nitrogens with one attached hydrogen (secondary N) is 3. The lowest BCUT2D eigenvalue weighted by atomic mass is 10.2. The molecule has 0 atom stereocenters. The molecule has 0 bridgehead atoms. The van der Waals surface area contributed by atoms with Crippen LogP contribution in [-0.2, 0) is 16.6 Å². The zero-order chi connectivity index (χ0) is 18.1. The second-order valence-corrected chi connectivity index (χ2v) is 8.01. The third-order valence-electron chi connectivity index (χ3n) is 3.38. The first-order chi connectivity index (χ1) is 12.0. The lowest BCUT2D eigenvalue weighted by Gasteiger charge is -2.12. The summed E-state index contributed by atoms with van der Waals surface area (Å²) in [6.07, 6.45) is 0. The smallest absolute Gasteiger partial charge is 0.240 e. The number of aliphatic imine (C=N–C) groups is 1. The van der Waals surface area contributed by atoms with Crippen molar-refractivity contribution in [2.45, 2.75) is 25.3 Å². The number of rotatable bonds is 8. The van der Waals surface area contributed by atoms with E-state index in [-0.39, 0.29) is 11.4 Å². The summed E-state index contributed by atoms with van der Waals surface area (Å²) < 4.78 is 27.0. The fraction of sp³-hybridized carbons (Fsp3) is 0.353. The molecule has 0 saturated carbocycles. The summed E-state index contributed by atoms with van der Waals surface area (Å²) in [6.45, 7) is 5.96. The van der Waals surface area contributed by atoms with E-state index in [0.29, 0.717) is 19.0 Å². The molecule has 0 spiro atoms. The molecule has 136 valence electrons. The Kier molecular flexibility index (Phi) is 7.42. The Labute approximate surface area is 153 Å². The largest absolute Gasteiger partial charge is 0.357 e. The molecule has 1 heterocycles. The SMILES string of the molecule is CCNC(=NCc1ccsc1)NCCNS(=O)(=O)c1ccc(C)cc1. The number of aryl methyl sites for hydroxylation is 1. The van der Waals surface area contributed by atoms with Crippen LogP contribution in [-0.4, -0.2) is 34.0 Å². The fourth-order valence-corrected chi connectivity index (χ4v) is 3.75. The first kappa shape index (κ1) is 19.4. The van der Waals surface area contributed by atoms with Gasteiger partial charge in [-0.2, -0.15) is 11.3 Å². The van der Waals surface area contributed by atoms with Gasteiger partial charge in [-0.1, -0.05) is 17.7 Å².